The lowest BCUT2D eigenvalue weighted by Crippen LogP contribution is -2.47. The van der Waals surface area contributed by atoms with Crippen LogP contribution in [-0.4, -0.2) is 36.5 Å². The minimum atomic E-state index is 0.176. The van der Waals surface area contributed by atoms with Crippen LogP contribution in [0.1, 0.15) is 31.7 Å². The predicted molar refractivity (Wildman–Crippen MR) is 85.7 cm³/mol. The molecule has 4 heteroatoms. The maximum Gasteiger partial charge on any atom is 0.220 e. The Bertz CT molecular complexity index is 446. The summed E-state index contributed by atoms with van der Waals surface area (Å²) in [6, 6.07) is 9.07. The van der Waals surface area contributed by atoms with Gasteiger partial charge in [-0.05, 0) is 50.9 Å². The number of nitrogens with zero attached hydrogens (tertiary/aromatic N) is 1. The standard InChI is InChI=1S/C16H23BrN2O/c1-12-11-15(9-10-19(12)2)18-16(20)8-5-13-3-6-14(17)7-4-13/h3-4,6-7,12,15H,5,8-11H2,1-2H3,(H,18,20)/t12-,15-/m0/s1. The molecule has 2 atom stereocenters. The van der Waals surface area contributed by atoms with Gasteiger partial charge < -0.3 is 10.2 Å². The number of rotatable bonds is 4. The quantitative estimate of drug-likeness (QED) is 0.915. The number of aryl methyl sites for hydroxylation is 1. The summed E-state index contributed by atoms with van der Waals surface area (Å²) >= 11 is 3.42. The van der Waals surface area contributed by atoms with Crippen LogP contribution in [0.5, 0.6) is 0 Å². The van der Waals surface area contributed by atoms with Crippen molar-refractivity contribution in [3.05, 3.63) is 34.3 Å². The largest absolute Gasteiger partial charge is 0.353 e. The Hall–Kier alpha value is -0.870. The van der Waals surface area contributed by atoms with Gasteiger partial charge >= 0.3 is 0 Å². The molecule has 0 spiro atoms. The number of carbonyl (C=O) groups excluding carboxylic acids is 1. The topological polar surface area (TPSA) is 32.3 Å². The zero-order valence-corrected chi connectivity index (χ0v) is 13.8. The Morgan fingerprint density at radius 2 is 2.10 bits per heavy atom. The Kier molecular flexibility index (Phi) is 5.61. The van der Waals surface area contributed by atoms with Crippen LogP contribution in [0.3, 0.4) is 0 Å². The third kappa shape index (κ3) is 4.60. The molecule has 1 aliphatic rings. The van der Waals surface area contributed by atoms with Gasteiger partial charge in [-0.1, -0.05) is 28.1 Å². The lowest BCUT2D eigenvalue weighted by molar-refractivity contribution is -0.122. The van der Waals surface area contributed by atoms with Gasteiger partial charge in [-0.25, -0.2) is 0 Å². The summed E-state index contributed by atoms with van der Waals surface area (Å²) in [5.41, 5.74) is 1.21. The molecule has 1 saturated heterocycles. The van der Waals surface area contributed by atoms with Crippen LogP contribution in [0, 0.1) is 0 Å². The van der Waals surface area contributed by atoms with Crippen LogP contribution in [0.25, 0.3) is 0 Å². The molecule has 20 heavy (non-hydrogen) atoms. The first-order valence-electron chi connectivity index (χ1n) is 7.28. The summed E-state index contributed by atoms with van der Waals surface area (Å²) in [5, 5.41) is 3.18. The van der Waals surface area contributed by atoms with Crippen molar-refractivity contribution in [3.63, 3.8) is 0 Å². The van der Waals surface area contributed by atoms with Gasteiger partial charge in [-0.3, -0.25) is 4.79 Å². The first kappa shape index (κ1) is 15.5. The zero-order valence-electron chi connectivity index (χ0n) is 12.2. The molecule has 1 N–H and O–H groups in total. The third-order valence-electron chi connectivity index (χ3n) is 4.13. The number of piperidine rings is 1. The Morgan fingerprint density at radius 3 is 2.75 bits per heavy atom. The highest BCUT2D eigenvalue weighted by molar-refractivity contribution is 9.10. The Morgan fingerprint density at radius 1 is 1.40 bits per heavy atom. The molecule has 2 rings (SSSR count). The van der Waals surface area contributed by atoms with Gasteiger partial charge in [0, 0.05) is 29.5 Å². The number of likely N-dealkylation sites (tertiary alicyclic amines) is 1. The highest BCUT2D eigenvalue weighted by Crippen LogP contribution is 2.16. The van der Waals surface area contributed by atoms with Gasteiger partial charge in [-0.2, -0.15) is 0 Å². The SMILES string of the molecule is C[C@H]1C[C@@H](NC(=O)CCc2ccc(Br)cc2)CCN1C. The second-order valence-corrected chi connectivity index (χ2v) is 6.66. The molecule has 1 heterocycles. The van der Waals surface area contributed by atoms with Crippen molar-refractivity contribution in [3.8, 4) is 0 Å². The summed E-state index contributed by atoms with van der Waals surface area (Å²) in [6.45, 7) is 3.29. The van der Waals surface area contributed by atoms with Gasteiger partial charge in [-0.15, -0.1) is 0 Å². The van der Waals surface area contributed by atoms with Crippen molar-refractivity contribution in [1.29, 1.82) is 0 Å². The summed E-state index contributed by atoms with van der Waals surface area (Å²) < 4.78 is 1.08. The average molecular weight is 339 g/mol. The molecular weight excluding hydrogens is 316 g/mol. The Labute approximate surface area is 129 Å². The number of hydrogen-bond donors (Lipinski definition) is 1. The second-order valence-electron chi connectivity index (χ2n) is 5.74. The van der Waals surface area contributed by atoms with E-state index in [-0.39, 0.29) is 5.91 Å². The summed E-state index contributed by atoms with van der Waals surface area (Å²) in [6.07, 6.45) is 3.50. The summed E-state index contributed by atoms with van der Waals surface area (Å²) in [5.74, 6) is 0.176. The monoisotopic (exact) mass is 338 g/mol. The molecule has 0 saturated carbocycles. The fourth-order valence-electron chi connectivity index (χ4n) is 2.63. The first-order chi connectivity index (χ1) is 9.54. The highest BCUT2D eigenvalue weighted by atomic mass is 79.9. The number of halogens is 1. The van der Waals surface area contributed by atoms with Crippen molar-refractivity contribution in [2.45, 2.75) is 44.7 Å². The van der Waals surface area contributed by atoms with Crippen molar-refractivity contribution in [2.75, 3.05) is 13.6 Å². The molecule has 0 radical (unpaired) electrons. The summed E-state index contributed by atoms with van der Waals surface area (Å²) in [4.78, 5) is 14.4. The molecule has 0 unspecified atom stereocenters. The lowest BCUT2D eigenvalue weighted by Gasteiger charge is -2.35. The molecular formula is C16H23BrN2O. The molecule has 1 aromatic rings. The third-order valence-corrected chi connectivity index (χ3v) is 4.66. The number of benzene rings is 1. The molecule has 3 nitrogen and oxygen atoms in total. The maximum absolute atomic E-state index is 12.0. The van der Waals surface area contributed by atoms with E-state index < -0.39 is 0 Å². The summed E-state index contributed by atoms with van der Waals surface area (Å²) in [7, 11) is 2.15. The van der Waals surface area contributed by atoms with Gasteiger partial charge in [0.15, 0.2) is 0 Å². The normalized spacial score (nSPS) is 23.6. The fraction of sp³-hybridized carbons (Fsp3) is 0.562. The van der Waals surface area contributed by atoms with Gasteiger partial charge in [0.1, 0.15) is 0 Å². The van der Waals surface area contributed by atoms with Crippen molar-refractivity contribution in [1.82, 2.24) is 10.2 Å². The van der Waals surface area contributed by atoms with Crippen LogP contribution in [0.15, 0.2) is 28.7 Å². The van der Waals surface area contributed by atoms with E-state index in [0.717, 1.165) is 30.3 Å². The molecule has 0 bridgehead atoms. The van der Waals surface area contributed by atoms with Crippen LogP contribution < -0.4 is 5.32 Å². The van der Waals surface area contributed by atoms with E-state index in [0.29, 0.717) is 18.5 Å². The number of hydrogen-bond acceptors (Lipinski definition) is 2. The molecule has 1 fully saturated rings. The zero-order chi connectivity index (χ0) is 14.5. The van der Waals surface area contributed by atoms with Crippen molar-refractivity contribution >= 4 is 21.8 Å². The van der Waals surface area contributed by atoms with Gasteiger partial charge in [0.05, 0.1) is 0 Å². The van der Waals surface area contributed by atoms with E-state index in [1.165, 1.54) is 5.56 Å². The molecule has 1 aliphatic heterocycles. The minimum absolute atomic E-state index is 0.176. The van der Waals surface area contributed by atoms with Crippen LogP contribution in [0.4, 0.5) is 0 Å². The van der Waals surface area contributed by atoms with Crippen molar-refractivity contribution < 1.29 is 4.79 Å². The van der Waals surface area contributed by atoms with Crippen molar-refractivity contribution in [2.24, 2.45) is 0 Å². The first-order valence-corrected chi connectivity index (χ1v) is 8.08. The Balaban J connectivity index is 1.74. The number of nitrogens with one attached hydrogen (secondary N) is 1. The molecule has 0 aliphatic carbocycles. The number of amides is 1. The van der Waals surface area contributed by atoms with E-state index in [9.17, 15) is 4.79 Å². The lowest BCUT2D eigenvalue weighted by atomic mass is 9.98. The smallest absolute Gasteiger partial charge is 0.220 e. The molecule has 110 valence electrons. The molecule has 1 aromatic carbocycles. The average Bonchev–Trinajstić information content (AvgIpc) is 2.42. The van der Waals surface area contributed by atoms with E-state index in [4.69, 9.17) is 0 Å². The van der Waals surface area contributed by atoms with Crippen LogP contribution >= 0.6 is 15.9 Å². The maximum atomic E-state index is 12.0. The van der Waals surface area contributed by atoms with E-state index >= 15 is 0 Å². The van der Waals surface area contributed by atoms with Crippen LogP contribution in [-0.2, 0) is 11.2 Å². The highest BCUT2D eigenvalue weighted by Gasteiger charge is 2.23. The van der Waals surface area contributed by atoms with Gasteiger partial charge in [0.2, 0.25) is 5.91 Å². The van der Waals surface area contributed by atoms with Crippen LogP contribution in [0.2, 0.25) is 0 Å². The van der Waals surface area contributed by atoms with Gasteiger partial charge in [0.25, 0.3) is 0 Å². The predicted octanol–water partition coefficient (Wildman–Crippen LogP) is 2.98. The molecule has 0 aromatic heterocycles. The second kappa shape index (κ2) is 7.23. The fourth-order valence-corrected chi connectivity index (χ4v) is 2.89. The minimum Gasteiger partial charge on any atom is -0.353 e. The van der Waals surface area contributed by atoms with E-state index in [1.807, 2.05) is 12.1 Å². The number of carbonyl (C=O) groups is 1. The van der Waals surface area contributed by atoms with E-state index in [2.05, 4.69) is 52.3 Å². The molecule has 1 amide bonds. The van der Waals surface area contributed by atoms with E-state index in [1.54, 1.807) is 0 Å².